The molecule has 5 heterocycles. The minimum atomic E-state index is -0.694. The number of carbonyl (C=O) groups is 1. The number of pyridine rings is 1. The van der Waals surface area contributed by atoms with E-state index in [1.165, 1.54) is 0 Å². The number of hydrogen-bond donors (Lipinski definition) is 3. The Morgan fingerprint density at radius 1 is 1.24 bits per heavy atom. The first-order valence-corrected chi connectivity index (χ1v) is 12.7. The maximum Gasteiger partial charge on any atom is 0.248 e. The summed E-state index contributed by atoms with van der Waals surface area (Å²) in [6, 6.07) is 11.7. The number of halogens is 1. The van der Waals surface area contributed by atoms with E-state index in [9.17, 15) is 15.2 Å². The Bertz CT molecular complexity index is 1460. The molecule has 0 radical (unpaired) electrons. The molecule has 0 saturated carbocycles. The number of fused-ring (bicyclic) bond motifs is 2. The van der Waals surface area contributed by atoms with Crippen molar-refractivity contribution in [1.82, 2.24) is 14.9 Å². The third-order valence-electron chi connectivity index (χ3n) is 7.28. The molecule has 1 aromatic carbocycles. The fourth-order valence-corrected chi connectivity index (χ4v) is 5.52. The standard InChI is InChI=1S/C27H25ClN4O6/c28-18-9-19-24(17(10-29)27(30-19)38-21-13-37-25-20(34)12-36-26(21)25)31-23(18)16-3-1-14(2-4-16)15-5-7-32(8-6-15)22(35)11-33/h1-5,9,20-21,25-26,30,33-34H,6-8,11-13H2/t20?,21?,25-,26-/m1/s1. The van der Waals surface area contributed by atoms with Crippen LogP contribution in [0.2, 0.25) is 5.02 Å². The Kier molecular flexibility index (Phi) is 6.55. The second-order valence-corrected chi connectivity index (χ2v) is 9.94. The van der Waals surface area contributed by atoms with E-state index in [0.29, 0.717) is 41.3 Å². The van der Waals surface area contributed by atoms with Crippen molar-refractivity contribution < 1.29 is 29.2 Å². The first-order valence-electron chi connectivity index (χ1n) is 12.4. The van der Waals surface area contributed by atoms with Crippen LogP contribution >= 0.6 is 11.6 Å². The van der Waals surface area contributed by atoms with Gasteiger partial charge in [0.1, 0.15) is 42.1 Å². The van der Waals surface area contributed by atoms with Crippen LogP contribution in [0.4, 0.5) is 0 Å². The number of benzene rings is 1. The summed E-state index contributed by atoms with van der Waals surface area (Å²) in [5, 5.41) is 29.4. The third-order valence-corrected chi connectivity index (χ3v) is 7.57. The Morgan fingerprint density at radius 3 is 2.71 bits per heavy atom. The number of aliphatic hydroxyl groups is 2. The summed E-state index contributed by atoms with van der Waals surface area (Å²) in [6.45, 7) is 0.978. The molecule has 11 heteroatoms. The van der Waals surface area contributed by atoms with E-state index in [-0.39, 0.29) is 30.6 Å². The molecule has 1 amide bonds. The first-order chi connectivity index (χ1) is 18.5. The molecule has 0 aliphatic carbocycles. The number of aliphatic hydroxyl groups excluding tert-OH is 2. The predicted molar refractivity (Wildman–Crippen MR) is 137 cm³/mol. The van der Waals surface area contributed by atoms with E-state index in [1.54, 1.807) is 11.0 Å². The Labute approximate surface area is 223 Å². The highest BCUT2D eigenvalue weighted by Crippen LogP contribution is 2.36. The normalized spacial score (nSPS) is 24.8. The highest BCUT2D eigenvalue weighted by Gasteiger charge is 2.48. The number of hydrogen-bond acceptors (Lipinski definition) is 8. The van der Waals surface area contributed by atoms with E-state index in [1.807, 2.05) is 30.3 Å². The average Bonchev–Trinajstić information content (AvgIpc) is 3.62. The third kappa shape index (κ3) is 4.32. The summed E-state index contributed by atoms with van der Waals surface area (Å²) in [6.07, 6.45) is 0.683. The molecule has 10 nitrogen and oxygen atoms in total. The van der Waals surface area contributed by atoms with Crippen molar-refractivity contribution in [2.75, 3.05) is 32.9 Å². The van der Waals surface area contributed by atoms with Gasteiger partial charge in [-0.1, -0.05) is 41.9 Å². The lowest BCUT2D eigenvalue weighted by Crippen LogP contribution is -2.36. The van der Waals surface area contributed by atoms with Gasteiger partial charge >= 0.3 is 0 Å². The maximum atomic E-state index is 11.7. The lowest BCUT2D eigenvalue weighted by molar-refractivity contribution is -0.133. The molecular weight excluding hydrogens is 512 g/mol. The second kappa shape index (κ2) is 10.0. The molecule has 4 atom stereocenters. The quantitative estimate of drug-likeness (QED) is 0.451. The van der Waals surface area contributed by atoms with Gasteiger partial charge in [-0.25, -0.2) is 4.98 Å². The van der Waals surface area contributed by atoms with Gasteiger partial charge in [-0.15, -0.1) is 0 Å². The van der Waals surface area contributed by atoms with E-state index < -0.39 is 31.0 Å². The van der Waals surface area contributed by atoms with Gasteiger partial charge in [0.25, 0.3) is 0 Å². The summed E-state index contributed by atoms with van der Waals surface area (Å²) < 4.78 is 17.3. The zero-order chi connectivity index (χ0) is 26.4. The van der Waals surface area contributed by atoms with Gasteiger partial charge in [-0.3, -0.25) is 4.79 Å². The van der Waals surface area contributed by atoms with Crippen LogP contribution in [-0.2, 0) is 14.3 Å². The van der Waals surface area contributed by atoms with Crippen LogP contribution in [0.1, 0.15) is 17.5 Å². The number of nitrogens with one attached hydrogen (secondary N) is 1. The minimum absolute atomic E-state index is 0.186. The van der Waals surface area contributed by atoms with Crippen LogP contribution in [0.5, 0.6) is 5.88 Å². The number of aromatic amines is 1. The predicted octanol–water partition coefficient (Wildman–Crippen LogP) is 2.27. The van der Waals surface area contributed by atoms with Crippen LogP contribution in [0.25, 0.3) is 27.9 Å². The molecule has 2 aromatic heterocycles. The van der Waals surface area contributed by atoms with Gasteiger partial charge in [0.2, 0.25) is 11.8 Å². The van der Waals surface area contributed by atoms with Crippen molar-refractivity contribution in [2.45, 2.75) is 30.8 Å². The van der Waals surface area contributed by atoms with Gasteiger partial charge in [-0.2, -0.15) is 5.26 Å². The Hall–Kier alpha value is -3.46. The maximum absolute atomic E-state index is 11.7. The number of nitrogens with zero attached hydrogens (tertiary/aromatic N) is 3. The SMILES string of the molecule is N#Cc1c(OC2CO[C@@H]3C(O)CO[C@H]23)[nH]c2cc(Cl)c(-c3ccc(C4=CCN(C(=O)CO)CC4)cc3)nc12. The highest BCUT2D eigenvalue weighted by atomic mass is 35.5. The molecule has 6 rings (SSSR count). The lowest BCUT2D eigenvalue weighted by atomic mass is 9.97. The Morgan fingerprint density at radius 2 is 2.00 bits per heavy atom. The largest absolute Gasteiger partial charge is 0.469 e. The van der Waals surface area contributed by atoms with Crippen LogP contribution in [0.15, 0.2) is 36.4 Å². The number of rotatable bonds is 5. The molecular formula is C27H25ClN4O6. The summed E-state index contributed by atoms with van der Waals surface area (Å²) in [5.41, 5.74) is 4.76. The molecule has 2 unspecified atom stereocenters. The topological polar surface area (TPSA) is 141 Å². The number of aromatic nitrogens is 2. The fourth-order valence-electron chi connectivity index (χ4n) is 5.26. The average molecular weight is 537 g/mol. The van der Waals surface area contributed by atoms with Crippen molar-refractivity contribution in [2.24, 2.45) is 0 Å². The van der Waals surface area contributed by atoms with E-state index in [4.69, 9.17) is 35.9 Å². The Balaban J connectivity index is 1.25. The number of H-pyrrole nitrogens is 1. The van der Waals surface area contributed by atoms with Crippen LogP contribution in [-0.4, -0.2) is 88.3 Å². The van der Waals surface area contributed by atoms with Gasteiger partial charge in [-0.05, 0) is 23.6 Å². The van der Waals surface area contributed by atoms with Crippen LogP contribution in [0, 0.1) is 11.3 Å². The van der Waals surface area contributed by atoms with Gasteiger partial charge in [0, 0.05) is 18.7 Å². The van der Waals surface area contributed by atoms with E-state index >= 15 is 0 Å². The molecule has 3 aromatic rings. The summed E-state index contributed by atoms with van der Waals surface area (Å²) in [4.78, 5) is 21.2. The van der Waals surface area contributed by atoms with Gasteiger partial charge < -0.3 is 34.3 Å². The molecule has 0 bridgehead atoms. The zero-order valence-corrected chi connectivity index (χ0v) is 21.0. The number of ether oxygens (including phenoxy) is 3. The van der Waals surface area contributed by atoms with Crippen LogP contribution < -0.4 is 4.74 Å². The summed E-state index contributed by atoms with van der Waals surface area (Å²) >= 11 is 6.61. The monoisotopic (exact) mass is 536 g/mol. The number of nitriles is 1. The molecule has 2 saturated heterocycles. The fraction of sp³-hybridized carbons (Fsp3) is 0.370. The van der Waals surface area contributed by atoms with E-state index in [2.05, 4.69) is 11.1 Å². The minimum Gasteiger partial charge on any atom is -0.469 e. The zero-order valence-electron chi connectivity index (χ0n) is 20.3. The first kappa shape index (κ1) is 24.9. The molecule has 3 N–H and O–H groups in total. The second-order valence-electron chi connectivity index (χ2n) is 9.53. The molecule has 3 aliphatic heterocycles. The number of amides is 1. The van der Waals surface area contributed by atoms with E-state index in [0.717, 1.165) is 16.7 Å². The van der Waals surface area contributed by atoms with Gasteiger partial charge in [0.05, 0.1) is 29.4 Å². The molecule has 2 fully saturated rings. The van der Waals surface area contributed by atoms with Crippen molar-refractivity contribution in [3.05, 3.63) is 52.6 Å². The van der Waals surface area contributed by atoms with Gasteiger partial charge in [0.15, 0.2) is 6.10 Å². The smallest absolute Gasteiger partial charge is 0.248 e. The summed E-state index contributed by atoms with van der Waals surface area (Å²) in [7, 11) is 0. The van der Waals surface area contributed by atoms with Crippen LogP contribution in [0.3, 0.4) is 0 Å². The molecule has 3 aliphatic rings. The highest BCUT2D eigenvalue weighted by molar-refractivity contribution is 6.33. The van der Waals surface area contributed by atoms with Crippen molar-refractivity contribution in [1.29, 1.82) is 5.26 Å². The molecule has 38 heavy (non-hydrogen) atoms. The summed E-state index contributed by atoms with van der Waals surface area (Å²) in [5.74, 6) is -0.0102. The lowest BCUT2D eigenvalue weighted by Gasteiger charge is -2.26. The van der Waals surface area contributed by atoms with Crippen molar-refractivity contribution >= 4 is 34.1 Å². The molecule has 0 spiro atoms. The number of carbonyl (C=O) groups excluding carboxylic acids is 1. The van der Waals surface area contributed by atoms with Crippen molar-refractivity contribution in [3.63, 3.8) is 0 Å². The van der Waals surface area contributed by atoms with Crippen molar-refractivity contribution in [3.8, 4) is 23.2 Å². The molecule has 196 valence electrons.